The van der Waals surface area contributed by atoms with Crippen LogP contribution in [0.4, 0.5) is 0 Å². The van der Waals surface area contributed by atoms with E-state index in [0.717, 1.165) is 16.5 Å². The van der Waals surface area contributed by atoms with Gasteiger partial charge in [-0.15, -0.1) is 6.42 Å². The van der Waals surface area contributed by atoms with Crippen LogP contribution in [0.3, 0.4) is 0 Å². The Bertz CT molecular complexity index is 571. The molecule has 18 heavy (non-hydrogen) atoms. The SMILES string of the molecule is C#CC(C)NC(CN)c1ccc2ncccc2c1. The number of benzene rings is 1. The third-order valence-electron chi connectivity index (χ3n) is 2.97. The van der Waals surface area contributed by atoms with Gasteiger partial charge in [0, 0.05) is 24.2 Å². The van der Waals surface area contributed by atoms with Crippen molar-refractivity contribution in [2.75, 3.05) is 6.54 Å². The normalized spacial score (nSPS) is 14.1. The summed E-state index contributed by atoms with van der Waals surface area (Å²) in [6.45, 7) is 2.46. The second kappa shape index (κ2) is 5.63. The summed E-state index contributed by atoms with van der Waals surface area (Å²) in [7, 11) is 0. The lowest BCUT2D eigenvalue weighted by atomic mass is 10.0. The lowest BCUT2D eigenvalue weighted by Crippen LogP contribution is -2.34. The van der Waals surface area contributed by atoms with Crippen LogP contribution < -0.4 is 11.1 Å². The first-order valence-corrected chi connectivity index (χ1v) is 6.01. The summed E-state index contributed by atoms with van der Waals surface area (Å²) in [6, 6.07) is 10.2. The van der Waals surface area contributed by atoms with Gasteiger partial charge in [0.05, 0.1) is 11.6 Å². The molecule has 2 unspecified atom stereocenters. The maximum atomic E-state index is 5.81. The predicted molar refractivity (Wildman–Crippen MR) is 75.0 cm³/mol. The van der Waals surface area contributed by atoms with E-state index in [9.17, 15) is 0 Å². The molecule has 0 aliphatic heterocycles. The van der Waals surface area contributed by atoms with E-state index in [-0.39, 0.29) is 12.1 Å². The fraction of sp³-hybridized carbons (Fsp3) is 0.267. The summed E-state index contributed by atoms with van der Waals surface area (Å²) < 4.78 is 0. The van der Waals surface area contributed by atoms with Crippen molar-refractivity contribution in [3.8, 4) is 12.3 Å². The van der Waals surface area contributed by atoms with Crippen LogP contribution in [0.2, 0.25) is 0 Å². The van der Waals surface area contributed by atoms with E-state index in [1.807, 2.05) is 31.2 Å². The van der Waals surface area contributed by atoms with Crippen LogP contribution in [0, 0.1) is 12.3 Å². The second-order valence-electron chi connectivity index (χ2n) is 4.30. The standard InChI is InChI=1S/C15H17N3/c1-3-11(2)18-15(10-16)13-6-7-14-12(9-13)5-4-8-17-14/h1,4-9,11,15,18H,10,16H2,2H3. The zero-order chi connectivity index (χ0) is 13.0. The molecule has 0 fully saturated rings. The molecule has 3 N–H and O–H groups in total. The van der Waals surface area contributed by atoms with Crippen molar-refractivity contribution in [1.82, 2.24) is 10.3 Å². The highest BCUT2D eigenvalue weighted by molar-refractivity contribution is 5.79. The molecular weight excluding hydrogens is 222 g/mol. The predicted octanol–water partition coefficient (Wildman–Crippen LogP) is 1.85. The Morgan fingerprint density at radius 1 is 1.44 bits per heavy atom. The van der Waals surface area contributed by atoms with E-state index in [4.69, 9.17) is 12.2 Å². The van der Waals surface area contributed by atoms with Gasteiger partial charge < -0.3 is 5.73 Å². The quantitative estimate of drug-likeness (QED) is 0.801. The second-order valence-corrected chi connectivity index (χ2v) is 4.30. The number of pyridine rings is 1. The van der Waals surface area contributed by atoms with Gasteiger partial charge in [0.15, 0.2) is 0 Å². The van der Waals surface area contributed by atoms with E-state index in [2.05, 4.69) is 22.3 Å². The number of hydrogen-bond donors (Lipinski definition) is 2. The zero-order valence-electron chi connectivity index (χ0n) is 10.4. The van der Waals surface area contributed by atoms with Crippen LogP contribution >= 0.6 is 0 Å². The molecule has 2 rings (SSSR count). The monoisotopic (exact) mass is 239 g/mol. The molecule has 0 saturated heterocycles. The molecule has 2 atom stereocenters. The molecule has 0 aliphatic carbocycles. The summed E-state index contributed by atoms with van der Waals surface area (Å²) in [5.74, 6) is 2.66. The molecule has 0 bridgehead atoms. The zero-order valence-corrected chi connectivity index (χ0v) is 10.4. The number of aromatic nitrogens is 1. The van der Waals surface area contributed by atoms with E-state index in [1.54, 1.807) is 6.20 Å². The van der Waals surface area contributed by atoms with Crippen LogP contribution in [-0.2, 0) is 0 Å². The molecule has 1 heterocycles. The third kappa shape index (κ3) is 2.67. The number of nitrogens with one attached hydrogen (secondary N) is 1. The van der Waals surface area contributed by atoms with Crippen molar-refractivity contribution >= 4 is 10.9 Å². The summed E-state index contributed by atoms with van der Waals surface area (Å²) in [4.78, 5) is 4.30. The largest absolute Gasteiger partial charge is 0.329 e. The Kier molecular flexibility index (Phi) is 3.93. The van der Waals surface area contributed by atoms with Crippen molar-refractivity contribution in [3.63, 3.8) is 0 Å². The minimum Gasteiger partial charge on any atom is -0.329 e. The maximum Gasteiger partial charge on any atom is 0.0702 e. The van der Waals surface area contributed by atoms with E-state index >= 15 is 0 Å². The fourth-order valence-corrected chi connectivity index (χ4v) is 1.96. The summed E-state index contributed by atoms with van der Waals surface area (Å²) in [5.41, 5.74) is 7.93. The third-order valence-corrected chi connectivity index (χ3v) is 2.97. The number of hydrogen-bond acceptors (Lipinski definition) is 3. The maximum absolute atomic E-state index is 5.81. The van der Waals surface area contributed by atoms with Crippen molar-refractivity contribution in [2.45, 2.75) is 19.0 Å². The highest BCUT2D eigenvalue weighted by Crippen LogP contribution is 2.18. The molecule has 0 aliphatic rings. The molecule has 1 aromatic carbocycles. The highest BCUT2D eigenvalue weighted by atomic mass is 15.0. The summed E-state index contributed by atoms with van der Waals surface area (Å²) in [5, 5.41) is 4.43. The minimum atomic E-state index is 0.00291. The molecule has 3 nitrogen and oxygen atoms in total. The minimum absolute atomic E-state index is 0.00291. The number of fused-ring (bicyclic) bond motifs is 1. The van der Waals surface area contributed by atoms with Gasteiger partial charge in [-0.2, -0.15) is 0 Å². The van der Waals surface area contributed by atoms with E-state index < -0.39 is 0 Å². The summed E-state index contributed by atoms with van der Waals surface area (Å²) >= 11 is 0. The van der Waals surface area contributed by atoms with Gasteiger partial charge in [0.2, 0.25) is 0 Å². The number of terminal acetylenes is 1. The molecule has 1 aromatic heterocycles. The van der Waals surface area contributed by atoms with Crippen molar-refractivity contribution in [2.24, 2.45) is 5.73 Å². The Balaban J connectivity index is 2.31. The van der Waals surface area contributed by atoms with Crippen molar-refractivity contribution < 1.29 is 0 Å². The van der Waals surface area contributed by atoms with Gasteiger partial charge in [-0.25, -0.2) is 0 Å². The fourth-order valence-electron chi connectivity index (χ4n) is 1.96. The van der Waals surface area contributed by atoms with E-state index in [0.29, 0.717) is 6.54 Å². The van der Waals surface area contributed by atoms with Gasteiger partial charge >= 0.3 is 0 Å². The molecule has 0 spiro atoms. The smallest absolute Gasteiger partial charge is 0.0702 e. The van der Waals surface area contributed by atoms with Crippen molar-refractivity contribution in [1.29, 1.82) is 0 Å². The Hall–Kier alpha value is -1.89. The van der Waals surface area contributed by atoms with Crippen LogP contribution in [0.5, 0.6) is 0 Å². The first-order chi connectivity index (χ1) is 8.74. The van der Waals surface area contributed by atoms with E-state index in [1.165, 1.54) is 0 Å². The van der Waals surface area contributed by atoms with Gasteiger partial charge in [0.1, 0.15) is 0 Å². The molecule has 92 valence electrons. The highest BCUT2D eigenvalue weighted by Gasteiger charge is 2.11. The Labute approximate surface area is 107 Å². The molecule has 0 saturated carbocycles. The van der Waals surface area contributed by atoms with Crippen LogP contribution in [0.15, 0.2) is 36.5 Å². The van der Waals surface area contributed by atoms with Crippen LogP contribution in [0.25, 0.3) is 10.9 Å². The molecule has 2 aromatic rings. The van der Waals surface area contributed by atoms with Gasteiger partial charge in [-0.3, -0.25) is 10.3 Å². The lowest BCUT2D eigenvalue weighted by molar-refractivity contribution is 0.518. The van der Waals surface area contributed by atoms with Gasteiger partial charge in [-0.05, 0) is 30.7 Å². The molecule has 0 amide bonds. The molecule has 0 radical (unpaired) electrons. The van der Waals surface area contributed by atoms with Crippen LogP contribution in [-0.4, -0.2) is 17.6 Å². The van der Waals surface area contributed by atoms with Crippen LogP contribution in [0.1, 0.15) is 18.5 Å². The summed E-state index contributed by atoms with van der Waals surface area (Å²) in [6.07, 6.45) is 7.17. The number of rotatable bonds is 4. The van der Waals surface area contributed by atoms with Gasteiger partial charge in [0.25, 0.3) is 0 Å². The number of nitrogens with two attached hydrogens (primary N) is 1. The lowest BCUT2D eigenvalue weighted by Gasteiger charge is -2.19. The molecule has 3 heteroatoms. The Morgan fingerprint density at radius 3 is 3.00 bits per heavy atom. The van der Waals surface area contributed by atoms with Crippen molar-refractivity contribution in [3.05, 3.63) is 42.1 Å². The van der Waals surface area contributed by atoms with Gasteiger partial charge in [-0.1, -0.05) is 18.1 Å². The first kappa shape index (κ1) is 12.6. The average molecular weight is 239 g/mol. The molecular formula is C15H17N3. The Morgan fingerprint density at radius 2 is 2.28 bits per heavy atom. The first-order valence-electron chi connectivity index (χ1n) is 6.01. The number of nitrogens with zero attached hydrogens (tertiary/aromatic N) is 1. The average Bonchev–Trinajstić information content (AvgIpc) is 2.44. The topological polar surface area (TPSA) is 50.9 Å².